The molecule has 2 aromatic rings. The van der Waals surface area contributed by atoms with Gasteiger partial charge in [0.25, 0.3) is 0 Å². The monoisotopic (exact) mass is 580 g/mol. The van der Waals surface area contributed by atoms with E-state index >= 15 is 0 Å². The van der Waals surface area contributed by atoms with Crippen LogP contribution >= 0.6 is 0 Å². The van der Waals surface area contributed by atoms with E-state index in [4.69, 9.17) is 9.47 Å². The van der Waals surface area contributed by atoms with Crippen molar-refractivity contribution in [1.29, 1.82) is 0 Å². The molecule has 0 radical (unpaired) electrons. The summed E-state index contributed by atoms with van der Waals surface area (Å²) in [5.41, 5.74) is 1.54. The van der Waals surface area contributed by atoms with Crippen LogP contribution in [0.5, 0.6) is 0 Å². The zero-order valence-electron chi connectivity index (χ0n) is 24.6. The van der Waals surface area contributed by atoms with E-state index in [2.05, 4.69) is 15.6 Å². The van der Waals surface area contributed by atoms with E-state index in [0.29, 0.717) is 12.8 Å². The van der Waals surface area contributed by atoms with Crippen molar-refractivity contribution in [2.45, 2.75) is 65.8 Å². The van der Waals surface area contributed by atoms with Crippen LogP contribution in [0.2, 0.25) is 0 Å². The van der Waals surface area contributed by atoms with Crippen LogP contribution in [-0.2, 0) is 37.1 Å². The number of aromatic nitrogens is 1. The van der Waals surface area contributed by atoms with Gasteiger partial charge in [0.05, 0.1) is 18.5 Å². The number of alkyl carbamates (subject to hydrolysis) is 2. The lowest BCUT2D eigenvalue weighted by molar-refractivity contribution is -0.134. The summed E-state index contributed by atoms with van der Waals surface area (Å²) in [6.07, 6.45) is 2.25. The first-order valence-electron chi connectivity index (χ1n) is 14.2. The number of ether oxygens (including phenoxy) is 2. The smallest absolute Gasteiger partial charge is 0.408 e. The van der Waals surface area contributed by atoms with E-state index in [1.165, 1.54) is 4.90 Å². The van der Waals surface area contributed by atoms with Crippen LogP contribution in [0.4, 0.5) is 9.59 Å². The lowest BCUT2D eigenvalue weighted by Gasteiger charge is -2.25. The fourth-order valence-corrected chi connectivity index (χ4v) is 4.69. The van der Waals surface area contributed by atoms with Gasteiger partial charge in [-0.1, -0.05) is 58.0 Å². The Morgan fingerprint density at radius 1 is 0.833 bits per heavy atom. The van der Waals surface area contributed by atoms with E-state index in [-0.39, 0.29) is 38.1 Å². The lowest BCUT2D eigenvalue weighted by Crippen LogP contribution is -2.49. The summed E-state index contributed by atoms with van der Waals surface area (Å²) in [7, 11) is 0. The molecular formula is C31H40N4O7. The molecule has 0 aliphatic carbocycles. The molecule has 2 heterocycles. The predicted molar refractivity (Wildman–Crippen MR) is 154 cm³/mol. The van der Waals surface area contributed by atoms with E-state index in [9.17, 15) is 24.0 Å². The number of nitrogens with one attached hydrogen (secondary N) is 2. The number of ketones is 2. The Kier molecular flexibility index (Phi) is 12.0. The van der Waals surface area contributed by atoms with Crippen LogP contribution in [-0.4, -0.2) is 64.7 Å². The first kappa shape index (κ1) is 32.2. The SMILES string of the molecule is CC(C)CC(NC(=O)OCc1ccncc1)C(=O)C1CN(C(=O)C(CC(C)C)NC(=O)OCc2ccccc2)CC1=O. The average Bonchev–Trinajstić information content (AvgIpc) is 3.35. The quantitative estimate of drug-likeness (QED) is 0.342. The minimum absolute atomic E-state index is 0.000393. The van der Waals surface area contributed by atoms with Gasteiger partial charge in [0.2, 0.25) is 5.91 Å². The van der Waals surface area contributed by atoms with Gasteiger partial charge in [0.15, 0.2) is 11.6 Å². The van der Waals surface area contributed by atoms with Gasteiger partial charge in [-0.3, -0.25) is 19.4 Å². The van der Waals surface area contributed by atoms with Gasteiger partial charge in [0.1, 0.15) is 19.3 Å². The standard InChI is InChI=1S/C31H40N4O7/c1-20(2)14-25(33-30(39)42-19-23-10-12-32-13-11-23)28(37)24-16-35(17-27(24)36)29(38)26(15-21(3)4)34-31(40)41-18-22-8-6-5-7-9-22/h5-13,20-21,24-26H,14-19H2,1-4H3,(H,33,39)(H,34,40). The van der Waals surface area contributed by atoms with E-state index in [1.807, 2.05) is 58.0 Å². The Balaban J connectivity index is 1.62. The summed E-state index contributed by atoms with van der Waals surface area (Å²) in [5.74, 6) is -2.35. The molecule has 1 fully saturated rings. The molecule has 1 aromatic carbocycles. The molecule has 3 atom stereocenters. The van der Waals surface area contributed by atoms with Gasteiger partial charge in [-0.05, 0) is 47.9 Å². The van der Waals surface area contributed by atoms with Gasteiger partial charge >= 0.3 is 12.2 Å². The molecule has 1 aliphatic rings. The third-order valence-electron chi connectivity index (χ3n) is 6.77. The van der Waals surface area contributed by atoms with Gasteiger partial charge in [-0.2, -0.15) is 0 Å². The first-order valence-corrected chi connectivity index (χ1v) is 14.2. The molecule has 42 heavy (non-hydrogen) atoms. The summed E-state index contributed by atoms with van der Waals surface area (Å²) < 4.78 is 10.6. The summed E-state index contributed by atoms with van der Waals surface area (Å²) in [6, 6.07) is 10.7. The molecule has 0 bridgehead atoms. The number of benzene rings is 1. The van der Waals surface area contributed by atoms with Crippen molar-refractivity contribution in [3.63, 3.8) is 0 Å². The highest BCUT2D eigenvalue weighted by molar-refractivity contribution is 6.09. The van der Waals surface area contributed by atoms with Crippen molar-refractivity contribution in [3.8, 4) is 0 Å². The normalized spacial score (nSPS) is 16.2. The highest BCUT2D eigenvalue weighted by atomic mass is 16.6. The van der Waals surface area contributed by atoms with Crippen molar-refractivity contribution in [2.24, 2.45) is 17.8 Å². The van der Waals surface area contributed by atoms with Crippen molar-refractivity contribution < 1.29 is 33.4 Å². The number of rotatable bonds is 13. The van der Waals surface area contributed by atoms with Gasteiger partial charge < -0.3 is 25.0 Å². The fourth-order valence-electron chi connectivity index (χ4n) is 4.69. The molecule has 3 amide bonds. The van der Waals surface area contributed by atoms with Crippen molar-refractivity contribution in [1.82, 2.24) is 20.5 Å². The third kappa shape index (κ3) is 9.97. The zero-order valence-corrected chi connectivity index (χ0v) is 24.6. The highest BCUT2D eigenvalue weighted by Crippen LogP contribution is 2.21. The number of nitrogens with zero attached hydrogens (tertiary/aromatic N) is 2. The van der Waals surface area contributed by atoms with Crippen molar-refractivity contribution in [2.75, 3.05) is 13.1 Å². The maximum atomic E-state index is 13.5. The van der Waals surface area contributed by atoms with Crippen LogP contribution in [0.1, 0.15) is 51.7 Å². The number of hydrogen-bond acceptors (Lipinski definition) is 8. The minimum Gasteiger partial charge on any atom is -0.445 e. The Labute approximate surface area is 246 Å². The number of pyridine rings is 1. The average molecular weight is 581 g/mol. The van der Waals surface area contributed by atoms with Crippen molar-refractivity contribution >= 4 is 29.7 Å². The Morgan fingerprint density at radius 2 is 1.36 bits per heavy atom. The van der Waals surface area contributed by atoms with Gasteiger partial charge in [-0.15, -0.1) is 0 Å². The molecule has 11 nitrogen and oxygen atoms in total. The first-order chi connectivity index (χ1) is 20.0. The number of amides is 3. The largest absolute Gasteiger partial charge is 0.445 e. The summed E-state index contributed by atoms with van der Waals surface area (Å²) in [5, 5.41) is 5.24. The Bertz CT molecular complexity index is 1220. The number of likely N-dealkylation sites (tertiary alicyclic amines) is 1. The summed E-state index contributed by atoms with van der Waals surface area (Å²) in [6.45, 7) is 7.27. The molecule has 3 rings (SSSR count). The topological polar surface area (TPSA) is 144 Å². The second-order valence-corrected chi connectivity index (χ2v) is 11.3. The van der Waals surface area contributed by atoms with Crippen LogP contribution < -0.4 is 10.6 Å². The van der Waals surface area contributed by atoms with Crippen molar-refractivity contribution in [3.05, 3.63) is 66.0 Å². The molecule has 0 saturated carbocycles. The molecule has 11 heteroatoms. The Morgan fingerprint density at radius 3 is 1.93 bits per heavy atom. The fraction of sp³-hybridized carbons (Fsp3) is 0.484. The van der Waals surface area contributed by atoms with Crippen LogP contribution in [0.25, 0.3) is 0 Å². The van der Waals surface area contributed by atoms with E-state index in [1.54, 1.807) is 24.5 Å². The second-order valence-electron chi connectivity index (χ2n) is 11.3. The van der Waals surface area contributed by atoms with Gasteiger partial charge in [0, 0.05) is 18.9 Å². The van der Waals surface area contributed by atoms with Crippen LogP contribution in [0.15, 0.2) is 54.9 Å². The van der Waals surface area contributed by atoms with Crippen LogP contribution in [0, 0.1) is 17.8 Å². The van der Waals surface area contributed by atoms with E-state index < -0.39 is 47.7 Å². The van der Waals surface area contributed by atoms with Gasteiger partial charge in [-0.25, -0.2) is 9.59 Å². The number of hydrogen-bond donors (Lipinski definition) is 2. The summed E-state index contributed by atoms with van der Waals surface area (Å²) >= 11 is 0. The molecule has 226 valence electrons. The number of Topliss-reactive ketones (excluding diaryl/α,β-unsaturated/α-hetero) is 2. The van der Waals surface area contributed by atoms with Crippen LogP contribution in [0.3, 0.4) is 0 Å². The molecule has 1 saturated heterocycles. The molecule has 1 aromatic heterocycles. The highest BCUT2D eigenvalue weighted by Gasteiger charge is 2.43. The second kappa shape index (κ2) is 15.6. The summed E-state index contributed by atoms with van der Waals surface area (Å²) in [4.78, 5) is 70.2. The molecule has 1 aliphatic heterocycles. The predicted octanol–water partition coefficient (Wildman–Crippen LogP) is 3.66. The molecule has 2 N–H and O–H groups in total. The van der Waals surface area contributed by atoms with E-state index in [0.717, 1.165) is 11.1 Å². The zero-order chi connectivity index (χ0) is 30.6. The maximum absolute atomic E-state index is 13.5. The lowest BCUT2D eigenvalue weighted by atomic mass is 9.91. The maximum Gasteiger partial charge on any atom is 0.408 e. The molecule has 3 unspecified atom stereocenters. The molecule has 0 spiro atoms. The molecular weight excluding hydrogens is 540 g/mol. The number of carbonyl (C=O) groups is 5. The minimum atomic E-state index is -1.09. The number of carbonyl (C=O) groups excluding carboxylic acids is 5. The third-order valence-corrected chi connectivity index (χ3v) is 6.77. The Hall–Kier alpha value is -4.28.